The van der Waals surface area contributed by atoms with Crippen LogP contribution in [0.15, 0.2) is 23.4 Å². The molecule has 1 aliphatic carbocycles. The summed E-state index contributed by atoms with van der Waals surface area (Å²) in [6.07, 6.45) is 2.17. The molecule has 6 heteroatoms. The molecule has 4 N–H and O–H groups in total. The van der Waals surface area contributed by atoms with E-state index in [1.165, 1.54) is 0 Å². The quantitative estimate of drug-likeness (QED) is 0.339. The Balaban J connectivity index is 2.24. The zero-order chi connectivity index (χ0) is 16.3. The Morgan fingerprint density at radius 1 is 1.45 bits per heavy atom. The molecule has 1 atom stereocenters. The minimum absolute atomic E-state index is 0.0924. The van der Waals surface area contributed by atoms with Crippen molar-refractivity contribution in [3.8, 4) is 0 Å². The Hall–Kier alpha value is -2.24. The lowest BCUT2D eigenvalue weighted by Crippen LogP contribution is -2.36. The lowest BCUT2D eigenvalue weighted by molar-refractivity contribution is 0.0498. The van der Waals surface area contributed by atoms with Crippen molar-refractivity contribution in [2.45, 2.75) is 51.7 Å². The van der Waals surface area contributed by atoms with Crippen LogP contribution in [0, 0.1) is 0 Å². The number of nitrogens with zero attached hydrogens (tertiary/aromatic N) is 1. The maximum atomic E-state index is 12.0. The lowest BCUT2D eigenvalue weighted by atomic mass is 9.84. The van der Waals surface area contributed by atoms with E-state index in [9.17, 15) is 4.79 Å². The third kappa shape index (κ3) is 3.69. The maximum absolute atomic E-state index is 12.0. The van der Waals surface area contributed by atoms with Gasteiger partial charge in [-0.1, -0.05) is 23.4 Å². The molecule has 1 aromatic rings. The van der Waals surface area contributed by atoms with Crippen molar-refractivity contribution in [2.24, 2.45) is 10.9 Å². The zero-order valence-corrected chi connectivity index (χ0v) is 13.2. The summed E-state index contributed by atoms with van der Waals surface area (Å²) < 4.78 is 5.32. The summed E-state index contributed by atoms with van der Waals surface area (Å²) >= 11 is 0. The van der Waals surface area contributed by atoms with Crippen molar-refractivity contribution in [3.63, 3.8) is 0 Å². The smallest absolute Gasteiger partial charge is 0.408 e. The second-order valence-corrected chi connectivity index (χ2v) is 6.45. The van der Waals surface area contributed by atoms with Gasteiger partial charge in [-0.2, -0.15) is 0 Å². The highest BCUT2D eigenvalue weighted by atomic mass is 16.6. The first kappa shape index (κ1) is 16.1. The summed E-state index contributed by atoms with van der Waals surface area (Å²) in [5, 5.41) is 14.9. The highest BCUT2D eigenvalue weighted by Gasteiger charge is 2.26. The van der Waals surface area contributed by atoms with Crippen molar-refractivity contribution in [3.05, 3.63) is 34.9 Å². The monoisotopic (exact) mass is 305 g/mol. The van der Waals surface area contributed by atoms with Crippen LogP contribution >= 0.6 is 0 Å². The van der Waals surface area contributed by atoms with E-state index in [2.05, 4.69) is 10.5 Å². The van der Waals surface area contributed by atoms with Gasteiger partial charge in [-0.3, -0.25) is 0 Å². The van der Waals surface area contributed by atoms with Gasteiger partial charge < -0.3 is 21.0 Å². The molecule has 0 bridgehead atoms. The van der Waals surface area contributed by atoms with Gasteiger partial charge in [0.15, 0.2) is 5.84 Å². The van der Waals surface area contributed by atoms with Gasteiger partial charge in [0, 0.05) is 5.56 Å². The average molecular weight is 305 g/mol. The summed E-state index contributed by atoms with van der Waals surface area (Å²) in [5.74, 6) is 0.0924. The molecule has 0 heterocycles. The van der Waals surface area contributed by atoms with Crippen LogP contribution in [0.3, 0.4) is 0 Å². The van der Waals surface area contributed by atoms with E-state index < -0.39 is 11.7 Å². The minimum Gasteiger partial charge on any atom is -0.444 e. The molecule has 0 spiro atoms. The number of amides is 1. The van der Waals surface area contributed by atoms with Crippen molar-refractivity contribution in [2.75, 3.05) is 0 Å². The third-order valence-corrected chi connectivity index (χ3v) is 3.58. The molecule has 0 aromatic heterocycles. The molecular formula is C16H23N3O3. The fourth-order valence-electron chi connectivity index (χ4n) is 2.74. The second-order valence-electron chi connectivity index (χ2n) is 6.45. The Morgan fingerprint density at radius 3 is 2.82 bits per heavy atom. The molecule has 0 saturated carbocycles. The predicted octanol–water partition coefficient (Wildman–Crippen LogP) is 2.68. The summed E-state index contributed by atoms with van der Waals surface area (Å²) in [5.41, 5.74) is 7.94. The van der Waals surface area contributed by atoms with E-state index >= 15 is 0 Å². The van der Waals surface area contributed by atoms with Crippen LogP contribution in [0.4, 0.5) is 4.79 Å². The van der Waals surface area contributed by atoms with Crippen LogP contribution in [-0.4, -0.2) is 22.7 Å². The van der Waals surface area contributed by atoms with E-state index in [0.717, 1.165) is 36.0 Å². The minimum atomic E-state index is -0.530. The van der Waals surface area contributed by atoms with Crippen LogP contribution < -0.4 is 11.1 Å². The van der Waals surface area contributed by atoms with Crippen molar-refractivity contribution < 1.29 is 14.7 Å². The van der Waals surface area contributed by atoms with Gasteiger partial charge in [0.25, 0.3) is 0 Å². The average Bonchev–Trinajstić information content (AvgIpc) is 2.44. The van der Waals surface area contributed by atoms with Gasteiger partial charge >= 0.3 is 6.09 Å². The molecule has 1 unspecified atom stereocenters. The van der Waals surface area contributed by atoms with E-state index in [-0.39, 0.29) is 11.9 Å². The molecule has 120 valence electrons. The van der Waals surface area contributed by atoms with Gasteiger partial charge in [0.2, 0.25) is 0 Å². The molecule has 6 nitrogen and oxygen atoms in total. The lowest BCUT2D eigenvalue weighted by Gasteiger charge is -2.29. The van der Waals surface area contributed by atoms with E-state index in [0.29, 0.717) is 0 Å². The fraction of sp³-hybridized carbons (Fsp3) is 0.500. The third-order valence-electron chi connectivity index (χ3n) is 3.58. The molecule has 0 fully saturated rings. The molecular weight excluding hydrogens is 282 g/mol. The van der Waals surface area contributed by atoms with Gasteiger partial charge in [0.05, 0.1) is 6.04 Å². The topological polar surface area (TPSA) is 96.9 Å². The van der Waals surface area contributed by atoms with Gasteiger partial charge in [0.1, 0.15) is 5.60 Å². The zero-order valence-electron chi connectivity index (χ0n) is 13.2. The van der Waals surface area contributed by atoms with Crippen LogP contribution in [0.1, 0.15) is 56.3 Å². The largest absolute Gasteiger partial charge is 0.444 e. The Bertz CT molecular complexity index is 591. The number of nitrogens with two attached hydrogens (primary N) is 1. The number of ether oxygens (including phenoxy) is 1. The van der Waals surface area contributed by atoms with Crippen LogP contribution in [0.25, 0.3) is 0 Å². The number of benzene rings is 1. The molecule has 22 heavy (non-hydrogen) atoms. The highest BCUT2D eigenvalue weighted by Crippen LogP contribution is 2.32. The number of hydrogen-bond acceptors (Lipinski definition) is 4. The maximum Gasteiger partial charge on any atom is 0.408 e. The van der Waals surface area contributed by atoms with Gasteiger partial charge in [-0.15, -0.1) is 0 Å². The predicted molar refractivity (Wildman–Crippen MR) is 84.0 cm³/mol. The number of fused-ring (bicyclic) bond motifs is 1. The number of hydrogen-bond donors (Lipinski definition) is 3. The van der Waals surface area contributed by atoms with Gasteiger partial charge in [-0.05, 0) is 51.2 Å². The number of amidine groups is 1. The number of alkyl carbamates (subject to hydrolysis) is 1. The van der Waals surface area contributed by atoms with Crippen molar-refractivity contribution in [1.82, 2.24) is 5.32 Å². The Kier molecular flexibility index (Phi) is 4.59. The summed E-state index contributed by atoms with van der Waals surface area (Å²) in [6.45, 7) is 5.49. The molecule has 1 amide bonds. The molecule has 1 aromatic carbocycles. The number of rotatable bonds is 2. The first-order valence-corrected chi connectivity index (χ1v) is 7.41. The summed E-state index contributed by atoms with van der Waals surface area (Å²) in [7, 11) is 0. The Labute approximate surface area is 130 Å². The summed E-state index contributed by atoms with van der Waals surface area (Å²) in [4.78, 5) is 12.0. The van der Waals surface area contributed by atoms with Crippen LogP contribution in [0.2, 0.25) is 0 Å². The van der Waals surface area contributed by atoms with Crippen LogP contribution in [0.5, 0.6) is 0 Å². The molecule has 2 rings (SSSR count). The Morgan fingerprint density at radius 2 is 2.18 bits per heavy atom. The molecule has 0 radical (unpaired) electrons. The molecule has 1 aliphatic rings. The standard InChI is InChI=1S/C16H23N3O3/c1-16(2,3)22-15(20)18-13-9-5-6-10-11(13)7-4-8-12(10)14(17)19-21/h4,7-8,13,21H,5-6,9H2,1-3H3,(H2,17,19)(H,18,20). The van der Waals surface area contributed by atoms with Crippen LogP contribution in [-0.2, 0) is 11.2 Å². The second kappa shape index (κ2) is 6.25. The number of oxime groups is 1. The number of carbonyl (C=O) groups excluding carboxylic acids is 1. The van der Waals surface area contributed by atoms with Gasteiger partial charge in [-0.25, -0.2) is 4.79 Å². The number of carbonyl (C=O) groups is 1. The normalized spacial score (nSPS) is 18.5. The molecule has 0 saturated heterocycles. The van der Waals surface area contributed by atoms with Crippen molar-refractivity contribution in [1.29, 1.82) is 0 Å². The molecule has 0 aliphatic heterocycles. The fourth-order valence-corrected chi connectivity index (χ4v) is 2.74. The first-order valence-electron chi connectivity index (χ1n) is 7.41. The van der Waals surface area contributed by atoms with E-state index in [4.69, 9.17) is 15.7 Å². The first-order chi connectivity index (χ1) is 10.3. The highest BCUT2D eigenvalue weighted by molar-refractivity contribution is 5.98. The summed E-state index contributed by atoms with van der Waals surface area (Å²) in [6, 6.07) is 5.51. The van der Waals surface area contributed by atoms with E-state index in [1.807, 2.05) is 39.0 Å². The number of nitrogens with one attached hydrogen (secondary N) is 1. The SMILES string of the molecule is CC(C)(C)OC(=O)NC1CCCc2c(C(N)=NO)cccc21. The van der Waals surface area contributed by atoms with Crippen molar-refractivity contribution >= 4 is 11.9 Å². The van der Waals surface area contributed by atoms with E-state index in [1.54, 1.807) is 0 Å².